The van der Waals surface area contributed by atoms with Crippen molar-refractivity contribution >= 4 is 22.1 Å². The van der Waals surface area contributed by atoms with Crippen LogP contribution in [0.4, 0.5) is 0 Å². The van der Waals surface area contributed by atoms with Gasteiger partial charge in [-0.2, -0.15) is 8.42 Å². The maximum atomic E-state index is 11.8. The lowest BCUT2D eigenvalue weighted by Gasteiger charge is -2.21. The summed E-state index contributed by atoms with van der Waals surface area (Å²) < 4.78 is 33.3. The van der Waals surface area contributed by atoms with Gasteiger partial charge in [-0.3, -0.25) is 0 Å². The van der Waals surface area contributed by atoms with Crippen LogP contribution in [0, 0.1) is 0 Å². The van der Waals surface area contributed by atoms with Gasteiger partial charge in [0.15, 0.2) is 0 Å². The molecule has 28 heavy (non-hydrogen) atoms. The highest BCUT2D eigenvalue weighted by Crippen LogP contribution is 2.18. The lowest BCUT2D eigenvalue weighted by Crippen LogP contribution is -2.28. The van der Waals surface area contributed by atoms with Gasteiger partial charge in [-0.15, -0.1) is 0 Å². The van der Waals surface area contributed by atoms with Crippen LogP contribution < -0.4 is 4.74 Å². The lowest BCUT2D eigenvalue weighted by atomic mass is 10.2. The first-order valence-electron chi connectivity index (χ1n) is 9.47. The Bertz CT molecular complexity index is 708. The van der Waals surface area contributed by atoms with Crippen molar-refractivity contribution in [2.24, 2.45) is 0 Å². The first-order chi connectivity index (χ1) is 13.3. The van der Waals surface area contributed by atoms with E-state index in [4.69, 9.17) is 9.84 Å². The molecule has 0 bridgehead atoms. The highest BCUT2D eigenvalue weighted by Gasteiger charge is 2.24. The van der Waals surface area contributed by atoms with Crippen LogP contribution in [0.15, 0.2) is 29.2 Å². The van der Waals surface area contributed by atoms with Crippen molar-refractivity contribution in [3.63, 3.8) is 0 Å². The molecule has 0 saturated carbocycles. The van der Waals surface area contributed by atoms with Crippen molar-refractivity contribution in [3.8, 4) is 5.75 Å². The van der Waals surface area contributed by atoms with Gasteiger partial charge in [0, 0.05) is 6.54 Å². The zero-order valence-electron chi connectivity index (χ0n) is 16.4. The molecule has 0 aliphatic carbocycles. The summed E-state index contributed by atoms with van der Waals surface area (Å²) in [5.74, 6) is -3.34. The number of hydrogen-bond donors (Lipinski definition) is 1. The fourth-order valence-electron chi connectivity index (χ4n) is 2.46. The summed E-state index contributed by atoms with van der Waals surface area (Å²) >= 11 is 0. The van der Waals surface area contributed by atoms with Gasteiger partial charge in [0.25, 0.3) is 0 Å². The Hall–Kier alpha value is -2.13. The highest BCUT2D eigenvalue weighted by atomic mass is 32.2. The number of rotatable bonds is 13. The van der Waals surface area contributed by atoms with E-state index in [1.165, 1.54) is 37.1 Å². The topological polar surface area (TPSA) is 110 Å². The maximum absolute atomic E-state index is 11.8. The molecule has 1 aromatic carbocycles. The standard InChI is InChI=1S/C19H29NO7S/c1-3-5-12-20(13-6-4-2)14-7-15-26-16-8-10-17(11-9-16)28(24,25)27-19(23)18(21)22/h8-11H,3-7,12-15H2,1-2H3,(H,21,22). The Morgan fingerprint density at radius 2 is 1.50 bits per heavy atom. The molecule has 1 N–H and O–H groups in total. The zero-order valence-corrected chi connectivity index (χ0v) is 17.2. The van der Waals surface area contributed by atoms with Crippen LogP contribution in [0.3, 0.4) is 0 Å². The predicted molar refractivity (Wildman–Crippen MR) is 104 cm³/mol. The molecule has 1 rings (SSSR count). The van der Waals surface area contributed by atoms with Crippen molar-refractivity contribution in [3.05, 3.63) is 24.3 Å². The smallest absolute Gasteiger partial charge is 0.432 e. The molecule has 0 aliphatic heterocycles. The fraction of sp³-hybridized carbons (Fsp3) is 0.579. The third-order valence-corrected chi connectivity index (χ3v) is 5.24. The van der Waals surface area contributed by atoms with E-state index in [2.05, 4.69) is 22.9 Å². The van der Waals surface area contributed by atoms with Gasteiger partial charge in [-0.05, 0) is 56.6 Å². The van der Waals surface area contributed by atoms with E-state index in [0.717, 1.165) is 38.9 Å². The number of nitrogens with zero attached hydrogens (tertiary/aromatic N) is 1. The minimum Gasteiger partial charge on any atom is -0.494 e. The summed E-state index contributed by atoms with van der Waals surface area (Å²) in [5.41, 5.74) is 0. The Morgan fingerprint density at radius 1 is 0.964 bits per heavy atom. The maximum Gasteiger partial charge on any atom is 0.432 e. The molecule has 0 radical (unpaired) electrons. The summed E-state index contributed by atoms with van der Waals surface area (Å²) in [6.07, 6.45) is 5.52. The summed E-state index contributed by atoms with van der Waals surface area (Å²) in [6.45, 7) is 7.95. The molecular weight excluding hydrogens is 386 g/mol. The molecule has 158 valence electrons. The van der Waals surface area contributed by atoms with E-state index >= 15 is 0 Å². The number of carboxylic acids is 1. The van der Waals surface area contributed by atoms with Crippen molar-refractivity contribution in [2.75, 3.05) is 26.2 Å². The van der Waals surface area contributed by atoms with E-state index in [1.807, 2.05) is 0 Å². The summed E-state index contributed by atoms with van der Waals surface area (Å²) in [5, 5.41) is 8.43. The predicted octanol–water partition coefficient (Wildman–Crippen LogP) is 2.67. The molecule has 9 heteroatoms. The third-order valence-electron chi connectivity index (χ3n) is 4.02. The van der Waals surface area contributed by atoms with Gasteiger partial charge in [-0.1, -0.05) is 26.7 Å². The normalized spacial score (nSPS) is 11.4. The molecule has 0 fully saturated rings. The summed E-state index contributed by atoms with van der Waals surface area (Å²) in [6, 6.07) is 5.28. The van der Waals surface area contributed by atoms with Crippen LogP contribution in [0.1, 0.15) is 46.0 Å². The van der Waals surface area contributed by atoms with Crippen LogP contribution in [0.25, 0.3) is 0 Å². The van der Waals surface area contributed by atoms with Crippen LogP contribution in [0.2, 0.25) is 0 Å². The van der Waals surface area contributed by atoms with Gasteiger partial charge in [-0.25, -0.2) is 9.59 Å². The van der Waals surface area contributed by atoms with Crippen molar-refractivity contribution in [2.45, 2.75) is 50.8 Å². The van der Waals surface area contributed by atoms with Gasteiger partial charge < -0.3 is 18.9 Å². The monoisotopic (exact) mass is 415 g/mol. The van der Waals surface area contributed by atoms with Crippen LogP contribution in [-0.2, 0) is 23.9 Å². The first-order valence-corrected chi connectivity index (χ1v) is 10.9. The second kappa shape index (κ2) is 12.4. The van der Waals surface area contributed by atoms with E-state index in [0.29, 0.717) is 12.4 Å². The molecule has 8 nitrogen and oxygen atoms in total. The number of hydrogen-bond acceptors (Lipinski definition) is 7. The highest BCUT2D eigenvalue weighted by molar-refractivity contribution is 7.87. The number of benzene rings is 1. The van der Waals surface area contributed by atoms with Crippen LogP contribution >= 0.6 is 0 Å². The Labute approximate surface area is 166 Å². The average Bonchev–Trinajstić information content (AvgIpc) is 2.66. The lowest BCUT2D eigenvalue weighted by molar-refractivity contribution is -0.157. The molecule has 0 aliphatic rings. The molecule has 1 aromatic rings. The third kappa shape index (κ3) is 8.71. The van der Waals surface area contributed by atoms with Crippen LogP contribution in [0.5, 0.6) is 5.75 Å². The quantitative estimate of drug-likeness (QED) is 0.297. The number of carboxylic acid groups (broad SMARTS) is 1. The molecule has 0 amide bonds. The molecular formula is C19H29NO7S. The average molecular weight is 416 g/mol. The van der Waals surface area contributed by atoms with E-state index in [-0.39, 0.29) is 4.90 Å². The minimum absolute atomic E-state index is 0.320. The molecule has 0 heterocycles. The van der Waals surface area contributed by atoms with Gasteiger partial charge in [0.05, 0.1) is 6.61 Å². The Kier molecular flexibility index (Phi) is 10.5. The zero-order chi connectivity index (χ0) is 21.0. The van der Waals surface area contributed by atoms with Gasteiger partial charge in [0.1, 0.15) is 10.6 Å². The second-order valence-electron chi connectivity index (χ2n) is 6.35. The largest absolute Gasteiger partial charge is 0.494 e. The fourth-order valence-corrected chi connectivity index (χ4v) is 3.30. The van der Waals surface area contributed by atoms with E-state index < -0.39 is 22.1 Å². The van der Waals surface area contributed by atoms with Gasteiger partial charge in [0.2, 0.25) is 0 Å². The van der Waals surface area contributed by atoms with Crippen molar-refractivity contribution in [1.29, 1.82) is 0 Å². The first kappa shape index (κ1) is 23.9. The van der Waals surface area contributed by atoms with Gasteiger partial charge >= 0.3 is 22.1 Å². The van der Waals surface area contributed by atoms with Crippen molar-refractivity contribution < 1.29 is 32.0 Å². The number of carbonyl (C=O) groups is 2. The SMILES string of the molecule is CCCCN(CCCC)CCCOc1ccc(S(=O)(=O)OC(=O)C(=O)O)cc1. The van der Waals surface area contributed by atoms with E-state index in [9.17, 15) is 18.0 Å². The van der Waals surface area contributed by atoms with Crippen molar-refractivity contribution in [1.82, 2.24) is 4.90 Å². The molecule has 0 atom stereocenters. The Morgan fingerprint density at radius 3 is 2.00 bits per heavy atom. The minimum atomic E-state index is -4.47. The number of unbranched alkanes of at least 4 members (excludes halogenated alkanes) is 2. The van der Waals surface area contributed by atoms with E-state index in [1.54, 1.807) is 0 Å². The van der Waals surface area contributed by atoms with Crippen LogP contribution in [-0.4, -0.2) is 56.6 Å². The number of carbonyl (C=O) groups excluding carboxylic acids is 1. The second-order valence-corrected chi connectivity index (χ2v) is 7.90. The number of aliphatic carboxylic acids is 1. The number of ether oxygens (including phenoxy) is 1. The summed E-state index contributed by atoms with van der Waals surface area (Å²) in [4.78, 5) is 23.5. The summed E-state index contributed by atoms with van der Waals surface area (Å²) in [7, 11) is -4.47. The molecule has 0 unspecified atom stereocenters. The Balaban J connectivity index is 2.49. The molecule has 0 aromatic heterocycles. The molecule has 0 saturated heterocycles. The molecule has 0 spiro atoms.